The number of halogens is 3. The number of rotatable bonds is 6. The lowest BCUT2D eigenvalue weighted by Crippen LogP contribution is -2.25. The lowest BCUT2D eigenvalue weighted by Gasteiger charge is -2.07. The fourth-order valence-corrected chi connectivity index (χ4v) is 2.22. The number of hydrogen-bond acceptors (Lipinski definition) is 2. The molecule has 0 atom stereocenters. The van der Waals surface area contributed by atoms with Crippen molar-refractivity contribution in [1.29, 1.82) is 0 Å². The van der Waals surface area contributed by atoms with Gasteiger partial charge in [0.1, 0.15) is 5.75 Å². The SMILES string of the molecule is O=C(NCCc1ccc(OC(F)F)cc1)c1ccc(I)cc1. The highest BCUT2D eigenvalue weighted by molar-refractivity contribution is 14.1. The third-order valence-corrected chi connectivity index (χ3v) is 3.67. The molecule has 2 aromatic carbocycles. The van der Waals surface area contributed by atoms with E-state index in [4.69, 9.17) is 0 Å². The minimum absolute atomic E-state index is 0.127. The molecule has 0 bridgehead atoms. The van der Waals surface area contributed by atoms with E-state index in [1.807, 2.05) is 12.1 Å². The van der Waals surface area contributed by atoms with Gasteiger partial charge < -0.3 is 10.1 Å². The van der Waals surface area contributed by atoms with Crippen LogP contribution in [0.25, 0.3) is 0 Å². The summed E-state index contributed by atoms with van der Waals surface area (Å²) in [6, 6.07) is 13.7. The summed E-state index contributed by atoms with van der Waals surface area (Å²) in [5.74, 6) is -0.00396. The molecule has 0 saturated heterocycles. The Kier molecular flexibility index (Phi) is 6.11. The summed E-state index contributed by atoms with van der Waals surface area (Å²) in [6.07, 6.45) is 0.616. The molecule has 0 unspecified atom stereocenters. The molecular weight excluding hydrogens is 403 g/mol. The lowest BCUT2D eigenvalue weighted by molar-refractivity contribution is -0.0498. The molecule has 0 spiro atoms. The van der Waals surface area contributed by atoms with Crippen molar-refractivity contribution in [3.05, 3.63) is 63.2 Å². The van der Waals surface area contributed by atoms with E-state index < -0.39 is 6.61 Å². The Hall–Kier alpha value is -1.70. The molecule has 0 aliphatic heterocycles. The van der Waals surface area contributed by atoms with E-state index in [1.165, 1.54) is 12.1 Å². The van der Waals surface area contributed by atoms with E-state index in [1.54, 1.807) is 24.3 Å². The zero-order chi connectivity index (χ0) is 15.9. The Labute approximate surface area is 140 Å². The molecule has 2 aromatic rings. The third-order valence-electron chi connectivity index (χ3n) is 2.95. The van der Waals surface area contributed by atoms with E-state index in [2.05, 4.69) is 32.6 Å². The van der Waals surface area contributed by atoms with Crippen LogP contribution in [0.1, 0.15) is 15.9 Å². The molecule has 0 fully saturated rings. The minimum Gasteiger partial charge on any atom is -0.435 e. The monoisotopic (exact) mass is 417 g/mol. The van der Waals surface area contributed by atoms with E-state index in [-0.39, 0.29) is 11.7 Å². The summed E-state index contributed by atoms with van der Waals surface area (Å²) in [4.78, 5) is 11.9. The Morgan fingerprint density at radius 3 is 2.32 bits per heavy atom. The average Bonchev–Trinajstić information content (AvgIpc) is 2.49. The fourth-order valence-electron chi connectivity index (χ4n) is 1.86. The van der Waals surface area contributed by atoms with Gasteiger partial charge in [0.25, 0.3) is 5.91 Å². The fraction of sp³-hybridized carbons (Fsp3) is 0.188. The Morgan fingerprint density at radius 2 is 1.73 bits per heavy atom. The second kappa shape index (κ2) is 8.07. The van der Waals surface area contributed by atoms with Crippen LogP contribution < -0.4 is 10.1 Å². The van der Waals surface area contributed by atoms with Crippen molar-refractivity contribution in [1.82, 2.24) is 5.32 Å². The van der Waals surface area contributed by atoms with Crippen LogP contribution in [0.5, 0.6) is 5.75 Å². The van der Waals surface area contributed by atoms with Gasteiger partial charge in [0.15, 0.2) is 0 Å². The number of amides is 1. The first-order chi connectivity index (χ1) is 10.5. The number of carbonyl (C=O) groups is 1. The van der Waals surface area contributed by atoms with Gasteiger partial charge in [-0.1, -0.05) is 12.1 Å². The smallest absolute Gasteiger partial charge is 0.387 e. The number of benzene rings is 2. The normalized spacial score (nSPS) is 10.5. The van der Waals surface area contributed by atoms with Gasteiger partial charge in [-0.05, 0) is 71.0 Å². The summed E-state index contributed by atoms with van der Waals surface area (Å²) in [5, 5.41) is 2.82. The molecule has 22 heavy (non-hydrogen) atoms. The molecule has 6 heteroatoms. The predicted molar refractivity (Wildman–Crippen MR) is 88.3 cm³/mol. The molecule has 0 aromatic heterocycles. The third kappa shape index (κ3) is 5.25. The molecular formula is C16H14F2INO2. The molecule has 3 nitrogen and oxygen atoms in total. The topological polar surface area (TPSA) is 38.3 Å². The van der Waals surface area contributed by atoms with Crippen LogP contribution >= 0.6 is 22.6 Å². The molecule has 0 heterocycles. The average molecular weight is 417 g/mol. The lowest BCUT2D eigenvalue weighted by atomic mass is 10.1. The molecule has 0 radical (unpaired) electrons. The molecule has 0 saturated carbocycles. The van der Waals surface area contributed by atoms with E-state index >= 15 is 0 Å². The number of nitrogens with one attached hydrogen (secondary N) is 1. The van der Waals surface area contributed by atoms with Gasteiger partial charge in [0, 0.05) is 15.7 Å². The van der Waals surface area contributed by atoms with Crippen molar-refractivity contribution in [3.63, 3.8) is 0 Å². The summed E-state index contributed by atoms with van der Waals surface area (Å²) >= 11 is 2.18. The van der Waals surface area contributed by atoms with Crippen LogP contribution in [-0.2, 0) is 6.42 Å². The highest BCUT2D eigenvalue weighted by Gasteiger charge is 2.05. The Balaban J connectivity index is 1.80. The number of carbonyl (C=O) groups excluding carboxylic acids is 1. The number of hydrogen-bond donors (Lipinski definition) is 1. The van der Waals surface area contributed by atoms with E-state index in [9.17, 15) is 13.6 Å². The van der Waals surface area contributed by atoms with Gasteiger partial charge in [-0.25, -0.2) is 0 Å². The minimum atomic E-state index is -2.82. The van der Waals surface area contributed by atoms with Gasteiger partial charge in [0.05, 0.1) is 0 Å². The quantitative estimate of drug-likeness (QED) is 0.726. The highest BCUT2D eigenvalue weighted by atomic mass is 127. The Bertz CT molecular complexity index is 615. The zero-order valence-corrected chi connectivity index (χ0v) is 13.7. The molecule has 116 valence electrons. The van der Waals surface area contributed by atoms with Crippen LogP contribution in [0.3, 0.4) is 0 Å². The first kappa shape index (κ1) is 16.7. The standard InChI is InChI=1S/C16H14F2INO2/c17-16(18)22-14-7-1-11(2-8-14)9-10-20-15(21)12-3-5-13(19)6-4-12/h1-8,16H,9-10H2,(H,20,21). The van der Waals surface area contributed by atoms with Crippen molar-refractivity contribution in [3.8, 4) is 5.75 Å². The van der Waals surface area contributed by atoms with Crippen LogP contribution in [-0.4, -0.2) is 19.1 Å². The first-order valence-corrected chi connectivity index (χ1v) is 7.70. The van der Waals surface area contributed by atoms with Gasteiger partial charge >= 0.3 is 6.61 Å². The van der Waals surface area contributed by atoms with E-state index in [0.29, 0.717) is 18.5 Å². The largest absolute Gasteiger partial charge is 0.435 e. The maximum absolute atomic E-state index is 12.0. The van der Waals surface area contributed by atoms with Crippen molar-refractivity contribution in [2.75, 3.05) is 6.54 Å². The molecule has 1 amide bonds. The maximum atomic E-state index is 12.0. The van der Waals surface area contributed by atoms with Crippen LogP contribution in [0.15, 0.2) is 48.5 Å². The highest BCUT2D eigenvalue weighted by Crippen LogP contribution is 2.15. The van der Waals surface area contributed by atoms with Crippen molar-refractivity contribution in [2.45, 2.75) is 13.0 Å². The molecule has 2 rings (SSSR count). The summed E-state index contributed by atoms with van der Waals surface area (Å²) in [5.41, 5.74) is 1.55. The van der Waals surface area contributed by atoms with Gasteiger partial charge in [-0.2, -0.15) is 8.78 Å². The van der Waals surface area contributed by atoms with Crippen molar-refractivity contribution in [2.24, 2.45) is 0 Å². The number of ether oxygens (including phenoxy) is 1. The predicted octanol–water partition coefficient (Wildman–Crippen LogP) is 3.87. The Morgan fingerprint density at radius 1 is 1.09 bits per heavy atom. The van der Waals surface area contributed by atoms with Crippen molar-refractivity contribution >= 4 is 28.5 Å². The zero-order valence-electron chi connectivity index (χ0n) is 11.6. The molecule has 1 N–H and O–H groups in total. The summed E-state index contributed by atoms with van der Waals surface area (Å²) in [6.45, 7) is -2.35. The van der Waals surface area contributed by atoms with Crippen LogP contribution in [0.4, 0.5) is 8.78 Å². The van der Waals surface area contributed by atoms with Gasteiger partial charge in [-0.3, -0.25) is 4.79 Å². The number of alkyl halides is 2. The van der Waals surface area contributed by atoms with E-state index in [0.717, 1.165) is 9.13 Å². The molecule has 0 aliphatic rings. The second-order valence-corrected chi connectivity index (χ2v) is 5.78. The first-order valence-electron chi connectivity index (χ1n) is 6.62. The summed E-state index contributed by atoms with van der Waals surface area (Å²) in [7, 11) is 0. The van der Waals surface area contributed by atoms with Crippen LogP contribution in [0, 0.1) is 3.57 Å². The van der Waals surface area contributed by atoms with Crippen molar-refractivity contribution < 1.29 is 18.3 Å². The van der Waals surface area contributed by atoms with Crippen LogP contribution in [0.2, 0.25) is 0 Å². The maximum Gasteiger partial charge on any atom is 0.387 e. The second-order valence-electron chi connectivity index (χ2n) is 4.54. The van der Waals surface area contributed by atoms with Gasteiger partial charge in [0.2, 0.25) is 0 Å². The summed E-state index contributed by atoms with van der Waals surface area (Å²) < 4.78 is 29.4. The molecule has 0 aliphatic carbocycles. The van der Waals surface area contributed by atoms with Gasteiger partial charge in [-0.15, -0.1) is 0 Å².